The van der Waals surface area contributed by atoms with E-state index in [-0.39, 0.29) is 12.7 Å². The van der Waals surface area contributed by atoms with Crippen LogP contribution in [0.5, 0.6) is 28.7 Å². The van der Waals surface area contributed by atoms with E-state index >= 15 is 0 Å². The lowest BCUT2D eigenvalue weighted by atomic mass is 9.78. The predicted molar refractivity (Wildman–Crippen MR) is 91.4 cm³/mol. The number of hydrogen-bond donors (Lipinski definition) is 1. The Bertz CT molecular complexity index is 934. The van der Waals surface area contributed by atoms with Crippen LogP contribution in [0.2, 0.25) is 0 Å². The van der Waals surface area contributed by atoms with Crippen molar-refractivity contribution < 1.29 is 23.7 Å². The van der Waals surface area contributed by atoms with Crippen molar-refractivity contribution in [2.45, 2.75) is 5.92 Å². The lowest BCUT2D eigenvalue weighted by molar-refractivity contribution is 0.174. The number of rotatable bonds is 3. The van der Waals surface area contributed by atoms with Gasteiger partial charge >= 0.3 is 0 Å². The van der Waals surface area contributed by atoms with Crippen molar-refractivity contribution in [3.8, 4) is 34.8 Å². The van der Waals surface area contributed by atoms with Crippen LogP contribution in [0.15, 0.2) is 30.3 Å². The summed E-state index contributed by atoms with van der Waals surface area (Å²) in [6.45, 7) is 0.129. The van der Waals surface area contributed by atoms with Gasteiger partial charge in [-0.2, -0.15) is 5.26 Å². The average molecular weight is 352 g/mol. The molecule has 2 aliphatic rings. The first-order valence-corrected chi connectivity index (χ1v) is 7.97. The molecule has 2 heterocycles. The van der Waals surface area contributed by atoms with Gasteiger partial charge in [0, 0.05) is 23.1 Å². The minimum atomic E-state index is -0.802. The maximum Gasteiger partial charge on any atom is 0.231 e. The molecule has 7 heteroatoms. The number of hydrogen-bond acceptors (Lipinski definition) is 7. The van der Waals surface area contributed by atoms with Crippen molar-refractivity contribution in [3.05, 3.63) is 41.5 Å². The molecule has 4 rings (SSSR count). The zero-order valence-electron chi connectivity index (χ0n) is 14.2. The molecule has 0 fully saturated rings. The van der Waals surface area contributed by atoms with E-state index in [0.717, 1.165) is 11.1 Å². The van der Waals surface area contributed by atoms with Gasteiger partial charge in [0.25, 0.3) is 0 Å². The van der Waals surface area contributed by atoms with Crippen LogP contribution in [-0.4, -0.2) is 26.9 Å². The minimum Gasteiger partial charge on any atom is -0.497 e. The van der Waals surface area contributed by atoms with Gasteiger partial charge in [-0.25, -0.2) is 0 Å². The van der Waals surface area contributed by atoms with Crippen molar-refractivity contribution in [1.82, 2.24) is 0 Å². The maximum absolute atomic E-state index is 9.70. The predicted octanol–water partition coefficient (Wildman–Crippen LogP) is 3.07. The summed E-state index contributed by atoms with van der Waals surface area (Å²) < 4.78 is 27.3. The number of ether oxygens (including phenoxy) is 5. The van der Waals surface area contributed by atoms with Crippen molar-refractivity contribution in [2.24, 2.45) is 5.92 Å². The van der Waals surface area contributed by atoms with Gasteiger partial charge < -0.3 is 23.7 Å². The Hall–Kier alpha value is -3.40. The third-order valence-corrected chi connectivity index (χ3v) is 4.59. The Morgan fingerprint density at radius 2 is 1.81 bits per heavy atom. The van der Waals surface area contributed by atoms with E-state index in [1.54, 1.807) is 38.5 Å². The normalized spacial score (nSPS) is 20.0. The minimum absolute atomic E-state index is 0.117. The zero-order chi connectivity index (χ0) is 18.3. The first-order chi connectivity index (χ1) is 12.7. The molecule has 26 heavy (non-hydrogen) atoms. The first kappa shape index (κ1) is 16.1. The lowest BCUT2D eigenvalue weighted by Gasteiger charge is -2.31. The number of nitriles is 1. The summed E-state index contributed by atoms with van der Waals surface area (Å²) in [5.74, 6) is 1.48. The topological polar surface area (TPSA) is 93.8 Å². The van der Waals surface area contributed by atoms with Crippen molar-refractivity contribution >= 4 is 5.90 Å². The molecule has 2 aromatic carbocycles. The highest BCUT2D eigenvalue weighted by molar-refractivity contribution is 5.86. The van der Waals surface area contributed by atoms with E-state index < -0.39 is 11.8 Å². The maximum atomic E-state index is 9.70. The van der Waals surface area contributed by atoms with Crippen LogP contribution in [0.3, 0.4) is 0 Å². The monoisotopic (exact) mass is 352 g/mol. The summed E-state index contributed by atoms with van der Waals surface area (Å²) in [4.78, 5) is 0. The summed E-state index contributed by atoms with van der Waals surface area (Å²) in [6, 6.07) is 11.1. The van der Waals surface area contributed by atoms with Gasteiger partial charge in [-0.15, -0.1) is 0 Å². The molecule has 2 unspecified atom stereocenters. The van der Waals surface area contributed by atoms with Crippen LogP contribution < -0.4 is 23.7 Å². The Morgan fingerprint density at radius 3 is 2.50 bits per heavy atom. The van der Waals surface area contributed by atoms with E-state index in [0.29, 0.717) is 28.7 Å². The quantitative estimate of drug-likeness (QED) is 0.912. The molecule has 0 radical (unpaired) electrons. The van der Waals surface area contributed by atoms with Crippen LogP contribution in [0.4, 0.5) is 0 Å². The smallest absolute Gasteiger partial charge is 0.231 e. The molecule has 0 saturated heterocycles. The van der Waals surface area contributed by atoms with Gasteiger partial charge in [0.05, 0.1) is 20.3 Å². The molecule has 0 saturated carbocycles. The van der Waals surface area contributed by atoms with Gasteiger partial charge in [-0.05, 0) is 24.3 Å². The Labute approximate surface area is 150 Å². The van der Waals surface area contributed by atoms with Crippen LogP contribution in [-0.2, 0) is 0 Å². The van der Waals surface area contributed by atoms with Crippen LogP contribution >= 0.6 is 0 Å². The van der Waals surface area contributed by atoms with Gasteiger partial charge in [0.2, 0.25) is 12.7 Å². The summed E-state index contributed by atoms with van der Waals surface area (Å²) in [6.07, 6.45) is 0. The molecule has 1 N–H and O–H groups in total. The second kappa shape index (κ2) is 6.15. The molecule has 2 aliphatic heterocycles. The standard InChI is InChI=1S/C19H16N2O5/c1-22-10-3-4-14(23-2)11(5-10)18-12-6-16-17(25-9-24-16)7-15(12)26-19(21)13(18)8-20/h3-7,13,18,21H,9H2,1-2H3. The molecule has 0 bridgehead atoms. The first-order valence-electron chi connectivity index (χ1n) is 7.97. The molecular formula is C19H16N2O5. The second-order valence-electron chi connectivity index (χ2n) is 5.90. The molecule has 0 aliphatic carbocycles. The number of benzene rings is 2. The summed E-state index contributed by atoms with van der Waals surface area (Å²) in [5.41, 5.74) is 1.48. The van der Waals surface area contributed by atoms with Crippen molar-refractivity contribution in [1.29, 1.82) is 10.7 Å². The number of methoxy groups -OCH3 is 2. The van der Waals surface area contributed by atoms with Crippen LogP contribution in [0.25, 0.3) is 0 Å². The highest BCUT2D eigenvalue weighted by atomic mass is 16.7. The molecule has 2 atom stereocenters. The van der Waals surface area contributed by atoms with Crippen molar-refractivity contribution in [3.63, 3.8) is 0 Å². The highest BCUT2D eigenvalue weighted by Gasteiger charge is 2.40. The van der Waals surface area contributed by atoms with E-state index in [4.69, 9.17) is 29.1 Å². The van der Waals surface area contributed by atoms with E-state index in [1.807, 2.05) is 6.07 Å². The molecular weight excluding hydrogens is 336 g/mol. The molecule has 132 valence electrons. The fourth-order valence-electron chi connectivity index (χ4n) is 3.35. The molecule has 0 spiro atoms. The second-order valence-corrected chi connectivity index (χ2v) is 5.90. The summed E-state index contributed by atoms with van der Waals surface area (Å²) in [7, 11) is 3.14. The van der Waals surface area contributed by atoms with Gasteiger partial charge in [-0.3, -0.25) is 5.41 Å². The number of fused-ring (bicyclic) bond motifs is 2. The fraction of sp³-hybridized carbons (Fsp3) is 0.263. The fourth-order valence-corrected chi connectivity index (χ4v) is 3.35. The Balaban J connectivity index is 1.95. The average Bonchev–Trinajstić information content (AvgIpc) is 3.12. The summed E-state index contributed by atoms with van der Waals surface area (Å²) in [5, 5.41) is 17.9. The van der Waals surface area contributed by atoms with Crippen molar-refractivity contribution in [2.75, 3.05) is 21.0 Å². The van der Waals surface area contributed by atoms with Gasteiger partial charge in [0.1, 0.15) is 23.2 Å². The Morgan fingerprint density at radius 1 is 1.04 bits per heavy atom. The zero-order valence-corrected chi connectivity index (χ0v) is 14.2. The van der Waals surface area contributed by atoms with E-state index in [2.05, 4.69) is 6.07 Å². The molecule has 0 amide bonds. The van der Waals surface area contributed by atoms with E-state index in [9.17, 15) is 5.26 Å². The van der Waals surface area contributed by atoms with Gasteiger partial charge in [0.15, 0.2) is 11.5 Å². The SMILES string of the molecule is COc1ccc(OC)c(C2c3cc4c(cc3OC(=N)C2C#N)OCO4)c1. The van der Waals surface area contributed by atoms with E-state index in [1.165, 1.54) is 0 Å². The third-order valence-electron chi connectivity index (χ3n) is 4.59. The number of nitrogens with zero attached hydrogens (tertiary/aromatic N) is 1. The van der Waals surface area contributed by atoms with Crippen LogP contribution in [0.1, 0.15) is 17.0 Å². The summed E-state index contributed by atoms with van der Waals surface area (Å²) >= 11 is 0. The number of nitrogens with one attached hydrogen (secondary N) is 1. The van der Waals surface area contributed by atoms with Crippen LogP contribution in [0, 0.1) is 22.7 Å². The lowest BCUT2D eigenvalue weighted by Crippen LogP contribution is -2.31. The molecule has 2 aromatic rings. The third kappa shape index (κ3) is 2.39. The molecule has 7 nitrogen and oxygen atoms in total. The highest BCUT2D eigenvalue weighted by Crippen LogP contribution is 2.49. The van der Waals surface area contributed by atoms with Gasteiger partial charge in [-0.1, -0.05) is 0 Å². The Kier molecular flexibility index (Phi) is 3.81. The largest absolute Gasteiger partial charge is 0.497 e. The molecule has 0 aromatic heterocycles.